The molecule has 0 aliphatic heterocycles. The lowest BCUT2D eigenvalue weighted by Crippen LogP contribution is -1.82. The smallest absolute Gasteiger partial charge is 0.113 e. The van der Waals surface area contributed by atoms with Crippen LogP contribution in [-0.2, 0) is 5.75 Å². The summed E-state index contributed by atoms with van der Waals surface area (Å²) in [6.07, 6.45) is 3.69. The van der Waals surface area contributed by atoms with Crippen LogP contribution in [0.5, 0.6) is 0 Å². The fourth-order valence-corrected chi connectivity index (χ4v) is 2.97. The first-order valence-corrected chi connectivity index (χ1v) is 8.38. The minimum Gasteiger partial charge on any atom is -0.468 e. The van der Waals surface area contributed by atoms with E-state index in [1.54, 1.807) is 18.0 Å². The van der Waals surface area contributed by atoms with Gasteiger partial charge in [-0.1, -0.05) is 60.4 Å². The highest BCUT2D eigenvalue weighted by Gasteiger charge is 2.03. The van der Waals surface area contributed by atoms with Crippen molar-refractivity contribution in [2.24, 2.45) is 0 Å². The van der Waals surface area contributed by atoms with Crippen LogP contribution in [0.4, 0.5) is 0 Å². The third-order valence-electron chi connectivity index (χ3n) is 3.20. The van der Waals surface area contributed by atoms with Crippen LogP contribution in [0.1, 0.15) is 16.9 Å². The molecule has 0 aliphatic rings. The lowest BCUT2D eigenvalue weighted by Gasteiger charge is -2.05. The first-order chi connectivity index (χ1) is 11.4. The molecule has 2 aromatic carbocycles. The molecule has 0 amide bonds. The van der Waals surface area contributed by atoms with Crippen molar-refractivity contribution in [1.29, 1.82) is 0 Å². The van der Waals surface area contributed by atoms with Crippen molar-refractivity contribution in [3.05, 3.63) is 102 Å². The van der Waals surface area contributed by atoms with Crippen LogP contribution in [0.3, 0.4) is 0 Å². The first kappa shape index (κ1) is 15.3. The topological polar surface area (TPSA) is 13.1 Å². The van der Waals surface area contributed by atoms with E-state index in [4.69, 9.17) is 4.42 Å². The molecule has 1 heterocycles. The Hall–Kier alpha value is -2.63. The summed E-state index contributed by atoms with van der Waals surface area (Å²) in [6.45, 7) is 0. The monoisotopic (exact) mass is 316 g/mol. The third kappa shape index (κ3) is 4.67. The Labute approximate surface area is 141 Å². The van der Waals surface area contributed by atoms with E-state index in [-0.39, 0.29) is 0 Å². The number of allylic oxidation sites excluding steroid dienone is 1. The van der Waals surface area contributed by atoms with Gasteiger partial charge in [-0.15, -0.1) is 11.8 Å². The van der Waals surface area contributed by atoms with Crippen LogP contribution in [0, 0.1) is 11.8 Å². The first-order valence-electron chi connectivity index (χ1n) is 7.39. The molecule has 3 rings (SSSR count). The van der Waals surface area contributed by atoms with E-state index in [1.165, 1.54) is 5.56 Å². The summed E-state index contributed by atoms with van der Waals surface area (Å²) in [5, 5.41) is 0. The number of hydrogen-bond donors (Lipinski definition) is 0. The molecule has 0 N–H and O–H groups in total. The van der Waals surface area contributed by atoms with Gasteiger partial charge in [-0.3, -0.25) is 0 Å². The second-order valence-corrected chi connectivity index (χ2v) is 5.90. The second-order valence-electron chi connectivity index (χ2n) is 4.88. The molecular weight excluding hydrogens is 300 g/mol. The lowest BCUT2D eigenvalue weighted by molar-refractivity contribution is 0.530. The highest BCUT2D eigenvalue weighted by atomic mass is 32.2. The van der Waals surface area contributed by atoms with Crippen molar-refractivity contribution >= 4 is 16.7 Å². The van der Waals surface area contributed by atoms with E-state index in [2.05, 4.69) is 24.0 Å². The normalized spacial score (nSPS) is 10.9. The van der Waals surface area contributed by atoms with Gasteiger partial charge in [0, 0.05) is 16.5 Å². The molecule has 23 heavy (non-hydrogen) atoms. The average Bonchev–Trinajstić information content (AvgIpc) is 3.13. The molecule has 0 spiro atoms. The number of benzene rings is 2. The van der Waals surface area contributed by atoms with E-state index in [9.17, 15) is 0 Å². The minimum atomic E-state index is 0.792. The molecule has 1 nitrogen and oxygen atoms in total. The van der Waals surface area contributed by atoms with Crippen LogP contribution in [0.25, 0.3) is 4.91 Å². The lowest BCUT2D eigenvalue weighted by atomic mass is 10.2. The molecular formula is C21H16OS. The number of hydrogen-bond acceptors (Lipinski definition) is 2. The zero-order chi connectivity index (χ0) is 15.7. The quantitative estimate of drug-likeness (QED) is 0.581. The van der Waals surface area contributed by atoms with Crippen LogP contribution < -0.4 is 0 Å². The largest absolute Gasteiger partial charge is 0.468 e. The highest BCUT2D eigenvalue weighted by molar-refractivity contribution is 8.07. The molecule has 0 aliphatic carbocycles. The average molecular weight is 316 g/mol. The molecule has 0 saturated carbocycles. The van der Waals surface area contributed by atoms with Crippen molar-refractivity contribution in [1.82, 2.24) is 0 Å². The second kappa shape index (κ2) is 8.12. The summed E-state index contributed by atoms with van der Waals surface area (Å²) >= 11 is 1.73. The molecule has 0 fully saturated rings. The Morgan fingerprint density at radius 3 is 2.35 bits per heavy atom. The van der Waals surface area contributed by atoms with Crippen molar-refractivity contribution in [2.45, 2.75) is 5.75 Å². The SMILES string of the molecule is C(#Cc1ccccc1)/C=C(\SCc1ccco1)c1ccccc1. The van der Waals surface area contributed by atoms with Gasteiger partial charge in [0.05, 0.1) is 12.0 Å². The van der Waals surface area contributed by atoms with Crippen LogP contribution in [0.15, 0.2) is 89.6 Å². The Bertz CT molecular complexity index is 807. The van der Waals surface area contributed by atoms with Gasteiger partial charge in [0.1, 0.15) is 5.76 Å². The number of rotatable bonds is 4. The van der Waals surface area contributed by atoms with Gasteiger partial charge >= 0.3 is 0 Å². The number of thioether (sulfide) groups is 1. The summed E-state index contributed by atoms with van der Waals surface area (Å²) in [7, 11) is 0. The van der Waals surface area contributed by atoms with Gasteiger partial charge in [0.15, 0.2) is 0 Å². The van der Waals surface area contributed by atoms with Gasteiger partial charge in [-0.05, 0) is 29.8 Å². The predicted molar refractivity (Wildman–Crippen MR) is 97.7 cm³/mol. The fourth-order valence-electron chi connectivity index (χ4n) is 2.06. The maximum Gasteiger partial charge on any atom is 0.113 e. The maximum absolute atomic E-state index is 5.41. The van der Waals surface area contributed by atoms with E-state index in [1.807, 2.05) is 66.7 Å². The van der Waals surface area contributed by atoms with Crippen LogP contribution in [0.2, 0.25) is 0 Å². The van der Waals surface area contributed by atoms with Crippen molar-refractivity contribution < 1.29 is 4.42 Å². The highest BCUT2D eigenvalue weighted by Crippen LogP contribution is 2.30. The fraction of sp³-hybridized carbons (Fsp3) is 0.0476. The minimum absolute atomic E-state index is 0.792. The van der Waals surface area contributed by atoms with E-state index in [0.717, 1.165) is 22.0 Å². The third-order valence-corrected chi connectivity index (χ3v) is 4.30. The molecule has 0 atom stereocenters. The summed E-state index contributed by atoms with van der Waals surface area (Å²) in [4.78, 5) is 1.14. The van der Waals surface area contributed by atoms with Gasteiger partial charge in [-0.2, -0.15) is 0 Å². The van der Waals surface area contributed by atoms with E-state index in [0.29, 0.717) is 0 Å². The van der Waals surface area contributed by atoms with Gasteiger partial charge in [-0.25, -0.2) is 0 Å². The predicted octanol–water partition coefficient (Wildman–Crippen LogP) is 5.61. The van der Waals surface area contributed by atoms with Crippen molar-refractivity contribution in [2.75, 3.05) is 0 Å². The van der Waals surface area contributed by atoms with Gasteiger partial charge < -0.3 is 4.42 Å². The van der Waals surface area contributed by atoms with Crippen molar-refractivity contribution in [3.63, 3.8) is 0 Å². The Kier molecular flexibility index (Phi) is 5.39. The summed E-state index contributed by atoms with van der Waals surface area (Å²) < 4.78 is 5.41. The Balaban J connectivity index is 1.80. The molecule has 0 radical (unpaired) electrons. The Morgan fingerprint density at radius 2 is 1.65 bits per heavy atom. The molecule has 1 aromatic heterocycles. The van der Waals surface area contributed by atoms with E-state index >= 15 is 0 Å². The molecule has 3 aromatic rings. The van der Waals surface area contributed by atoms with Gasteiger partial charge in [0.25, 0.3) is 0 Å². The molecule has 0 unspecified atom stereocenters. The maximum atomic E-state index is 5.41. The summed E-state index contributed by atoms with van der Waals surface area (Å²) in [5.41, 5.74) is 2.19. The Morgan fingerprint density at radius 1 is 0.913 bits per heavy atom. The molecule has 112 valence electrons. The molecule has 2 heteroatoms. The van der Waals surface area contributed by atoms with Crippen LogP contribution in [-0.4, -0.2) is 0 Å². The van der Waals surface area contributed by atoms with E-state index < -0.39 is 0 Å². The van der Waals surface area contributed by atoms with Crippen molar-refractivity contribution in [3.8, 4) is 11.8 Å². The summed E-state index contributed by atoms with van der Waals surface area (Å²) in [6, 6.07) is 24.2. The van der Waals surface area contributed by atoms with Gasteiger partial charge in [0.2, 0.25) is 0 Å². The zero-order valence-electron chi connectivity index (χ0n) is 12.6. The standard InChI is InChI=1S/C21H16OS/c1-3-9-18(10-4-1)11-7-15-21(19-12-5-2-6-13-19)23-17-20-14-8-16-22-20/h1-6,8-10,12-16H,17H2/b21-15-. The number of furan rings is 1. The molecule has 0 saturated heterocycles. The van der Waals surface area contributed by atoms with Crippen LogP contribution >= 0.6 is 11.8 Å². The summed E-state index contributed by atoms with van der Waals surface area (Å²) in [5.74, 6) is 8.10. The zero-order valence-corrected chi connectivity index (χ0v) is 13.4. The molecule has 0 bridgehead atoms.